The molecular formula is C10H10N4O3S. The molecule has 1 saturated heterocycles. The molecule has 1 aromatic carbocycles. The van der Waals surface area contributed by atoms with Gasteiger partial charge < -0.3 is 5.32 Å². The van der Waals surface area contributed by atoms with E-state index < -0.39 is 4.92 Å². The molecule has 3 rings (SSSR count). The zero-order valence-electron chi connectivity index (χ0n) is 9.33. The van der Waals surface area contributed by atoms with Crippen molar-refractivity contribution < 1.29 is 9.55 Å². The van der Waals surface area contributed by atoms with Crippen molar-refractivity contribution in [2.75, 3.05) is 16.8 Å². The van der Waals surface area contributed by atoms with Gasteiger partial charge in [0.15, 0.2) is 5.52 Å². The SMILES string of the molecule is O=[N+]([O-])c1ccc(NC2CCSC2)c2nonc12. The van der Waals surface area contributed by atoms with E-state index in [-0.39, 0.29) is 11.2 Å². The van der Waals surface area contributed by atoms with Crippen LogP contribution >= 0.6 is 11.8 Å². The molecule has 2 aromatic rings. The number of nitrogens with one attached hydrogen (secondary N) is 1. The summed E-state index contributed by atoms with van der Waals surface area (Å²) in [6.45, 7) is 0. The van der Waals surface area contributed by atoms with E-state index in [2.05, 4.69) is 20.3 Å². The number of anilines is 1. The summed E-state index contributed by atoms with van der Waals surface area (Å²) >= 11 is 1.89. The Morgan fingerprint density at radius 1 is 1.44 bits per heavy atom. The predicted molar refractivity (Wildman–Crippen MR) is 67.8 cm³/mol. The molecule has 7 nitrogen and oxygen atoms in total. The third kappa shape index (κ3) is 1.88. The maximum absolute atomic E-state index is 10.8. The summed E-state index contributed by atoms with van der Waals surface area (Å²) < 4.78 is 4.61. The summed E-state index contributed by atoms with van der Waals surface area (Å²) in [5.74, 6) is 2.16. The van der Waals surface area contributed by atoms with E-state index >= 15 is 0 Å². The van der Waals surface area contributed by atoms with E-state index in [1.54, 1.807) is 6.07 Å². The molecule has 1 fully saturated rings. The minimum atomic E-state index is -0.484. The monoisotopic (exact) mass is 266 g/mol. The maximum atomic E-state index is 10.8. The highest BCUT2D eigenvalue weighted by Crippen LogP contribution is 2.30. The van der Waals surface area contributed by atoms with Gasteiger partial charge in [0.25, 0.3) is 0 Å². The molecule has 1 atom stereocenters. The normalized spacial score (nSPS) is 19.2. The van der Waals surface area contributed by atoms with Crippen LogP contribution in [0.1, 0.15) is 6.42 Å². The van der Waals surface area contributed by atoms with Crippen LogP contribution in [0.15, 0.2) is 16.8 Å². The highest BCUT2D eigenvalue weighted by molar-refractivity contribution is 7.99. The first-order valence-electron chi connectivity index (χ1n) is 5.49. The van der Waals surface area contributed by atoms with Gasteiger partial charge in [-0.25, -0.2) is 4.63 Å². The van der Waals surface area contributed by atoms with Crippen molar-refractivity contribution in [3.63, 3.8) is 0 Å². The molecule has 1 N–H and O–H groups in total. The number of hydrogen-bond acceptors (Lipinski definition) is 7. The molecule has 0 bridgehead atoms. The third-order valence-corrected chi connectivity index (χ3v) is 4.04. The summed E-state index contributed by atoms with van der Waals surface area (Å²) in [6.07, 6.45) is 1.08. The average Bonchev–Trinajstić information content (AvgIpc) is 2.98. The van der Waals surface area contributed by atoms with Gasteiger partial charge in [-0.05, 0) is 28.6 Å². The molecule has 94 valence electrons. The first-order valence-corrected chi connectivity index (χ1v) is 6.65. The third-order valence-electron chi connectivity index (χ3n) is 2.88. The zero-order chi connectivity index (χ0) is 12.5. The number of nitrogens with zero attached hydrogens (tertiary/aromatic N) is 3. The number of nitro groups is 1. The second-order valence-corrected chi connectivity index (χ2v) is 5.21. The summed E-state index contributed by atoms with van der Waals surface area (Å²) in [7, 11) is 0. The smallest absolute Gasteiger partial charge is 0.300 e. The quantitative estimate of drug-likeness (QED) is 0.671. The number of nitro benzene ring substituents is 1. The average molecular weight is 266 g/mol. The highest BCUT2D eigenvalue weighted by atomic mass is 32.2. The molecule has 1 aromatic heterocycles. The summed E-state index contributed by atoms with van der Waals surface area (Å²) in [4.78, 5) is 10.4. The van der Waals surface area contributed by atoms with Crippen molar-refractivity contribution in [3.05, 3.63) is 22.2 Å². The largest absolute Gasteiger partial charge is 0.380 e. The summed E-state index contributed by atoms with van der Waals surface area (Å²) in [5, 5.41) is 21.5. The standard InChI is InChI=1S/C10H10N4O3S/c15-14(16)8-2-1-7(9-10(8)13-17-12-9)11-6-3-4-18-5-6/h1-2,6,11H,3-5H2. The Morgan fingerprint density at radius 2 is 2.28 bits per heavy atom. The Labute approximate surface area is 106 Å². The van der Waals surface area contributed by atoms with Gasteiger partial charge in [-0.15, -0.1) is 0 Å². The minimum Gasteiger partial charge on any atom is -0.380 e. The topological polar surface area (TPSA) is 94.1 Å². The molecule has 8 heteroatoms. The Bertz CT molecular complexity index is 594. The first kappa shape index (κ1) is 11.3. The van der Waals surface area contributed by atoms with E-state index in [0.29, 0.717) is 11.6 Å². The van der Waals surface area contributed by atoms with Crippen LogP contribution in [-0.4, -0.2) is 32.8 Å². The summed E-state index contributed by atoms with van der Waals surface area (Å²) in [5.41, 5.74) is 1.26. The molecular weight excluding hydrogens is 256 g/mol. The number of fused-ring (bicyclic) bond motifs is 1. The second-order valence-electron chi connectivity index (χ2n) is 4.06. The van der Waals surface area contributed by atoms with Gasteiger partial charge in [0.2, 0.25) is 5.52 Å². The van der Waals surface area contributed by atoms with E-state index in [1.165, 1.54) is 6.07 Å². The number of aromatic nitrogens is 2. The van der Waals surface area contributed by atoms with Crippen molar-refractivity contribution in [1.29, 1.82) is 0 Å². The van der Waals surface area contributed by atoms with Gasteiger partial charge in [0.1, 0.15) is 0 Å². The number of non-ortho nitro benzene ring substituents is 1. The number of benzene rings is 1. The van der Waals surface area contributed by atoms with E-state index in [0.717, 1.165) is 23.6 Å². The van der Waals surface area contributed by atoms with Crippen LogP contribution in [0.4, 0.5) is 11.4 Å². The fraction of sp³-hybridized carbons (Fsp3) is 0.400. The lowest BCUT2D eigenvalue weighted by Crippen LogP contribution is -2.18. The molecule has 18 heavy (non-hydrogen) atoms. The van der Waals surface area contributed by atoms with Gasteiger partial charge in [0.05, 0.1) is 10.6 Å². The van der Waals surface area contributed by atoms with Crippen LogP contribution in [0.5, 0.6) is 0 Å². The predicted octanol–water partition coefficient (Wildman–Crippen LogP) is 2.05. The molecule has 2 heterocycles. The van der Waals surface area contributed by atoms with E-state index in [9.17, 15) is 10.1 Å². The van der Waals surface area contributed by atoms with Crippen LogP contribution < -0.4 is 5.32 Å². The Kier molecular flexibility index (Phi) is 2.78. The molecule has 0 radical (unpaired) electrons. The molecule has 0 spiro atoms. The Balaban J connectivity index is 2.00. The molecule has 1 aliphatic heterocycles. The van der Waals surface area contributed by atoms with Crippen molar-refractivity contribution in [3.8, 4) is 0 Å². The van der Waals surface area contributed by atoms with Crippen LogP contribution in [0.25, 0.3) is 11.0 Å². The highest BCUT2D eigenvalue weighted by Gasteiger charge is 2.22. The molecule has 0 amide bonds. The fourth-order valence-corrected chi connectivity index (χ4v) is 3.14. The van der Waals surface area contributed by atoms with Crippen LogP contribution in [0.2, 0.25) is 0 Å². The molecule has 0 aliphatic carbocycles. The number of rotatable bonds is 3. The fourth-order valence-electron chi connectivity index (χ4n) is 1.99. The summed E-state index contributed by atoms with van der Waals surface area (Å²) in [6, 6.07) is 3.46. The maximum Gasteiger partial charge on any atom is 0.300 e. The van der Waals surface area contributed by atoms with Crippen LogP contribution in [0, 0.1) is 10.1 Å². The van der Waals surface area contributed by atoms with Crippen molar-refractivity contribution in [1.82, 2.24) is 10.3 Å². The lowest BCUT2D eigenvalue weighted by molar-refractivity contribution is -0.383. The van der Waals surface area contributed by atoms with Gasteiger partial charge >= 0.3 is 5.69 Å². The lowest BCUT2D eigenvalue weighted by atomic mass is 10.2. The van der Waals surface area contributed by atoms with Gasteiger partial charge in [-0.3, -0.25) is 10.1 Å². The van der Waals surface area contributed by atoms with Gasteiger partial charge in [0, 0.05) is 17.9 Å². The van der Waals surface area contributed by atoms with Crippen molar-refractivity contribution in [2.45, 2.75) is 12.5 Å². The van der Waals surface area contributed by atoms with Crippen molar-refractivity contribution in [2.24, 2.45) is 0 Å². The molecule has 1 unspecified atom stereocenters. The molecule has 0 saturated carbocycles. The van der Waals surface area contributed by atoms with E-state index in [1.807, 2.05) is 11.8 Å². The van der Waals surface area contributed by atoms with Crippen LogP contribution in [0.3, 0.4) is 0 Å². The Morgan fingerprint density at radius 3 is 3.00 bits per heavy atom. The zero-order valence-corrected chi connectivity index (χ0v) is 10.1. The molecule has 1 aliphatic rings. The van der Waals surface area contributed by atoms with Crippen LogP contribution in [-0.2, 0) is 0 Å². The number of thioether (sulfide) groups is 1. The minimum absolute atomic E-state index is 0.0856. The Hall–Kier alpha value is -1.83. The first-order chi connectivity index (χ1) is 8.75. The lowest BCUT2D eigenvalue weighted by Gasteiger charge is -2.12. The van der Waals surface area contributed by atoms with Gasteiger partial charge in [-0.1, -0.05) is 0 Å². The van der Waals surface area contributed by atoms with Crippen molar-refractivity contribution >= 4 is 34.2 Å². The van der Waals surface area contributed by atoms with E-state index in [4.69, 9.17) is 0 Å². The van der Waals surface area contributed by atoms with Gasteiger partial charge in [-0.2, -0.15) is 11.8 Å². The second kappa shape index (κ2) is 4.45. The number of hydrogen-bond donors (Lipinski definition) is 1.